The van der Waals surface area contributed by atoms with Crippen LogP contribution in [0.5, 0.6) is 0 Å². The van der Waals surface area contributed by atoms with E-state index in [2.05, 4.69) is 4.72 Å². The predicted molar refractivity (Wildman–Crippen MR) is 84.2 cm³/mol. The Balaban J connectivity index is 2.97. The Hall–Kier alpha value is -1.19. The monoisotopic (exact) mass is 336 g/mol. The molecule has 0 spiro atoms. The molecule has 0 saturated heterocycles. The summed E-state index contributed by atoms with van der Waals surface area (Å²) >= 11 is 4.83. The summed E-state index contributed by atoms with van der Waals surface area (Å²) in [6, 6.07) is 4.89. The number of nitrogens with one attached hydrogen (secondary N) is 1. The molecule has 0 bridgehead atoms. The summed E-state index contributed by atoms with van der Waals surface area (Å²) in [5.41, 5.74) is 7.05. The minimum absolute atomic E-state index is 0.154. The van der Waals surface area contributed by atoms with Gasteiger partial charge in [0.25, 0.3) is 0 Å². The fourth-order valence-electron chi connectivity index (χ4n) is 1.36. The van der Waals surface area contributed by atoms with Crippen LogP contribution in [0.1, 0.15) is 11.1 Å². The number of thiocarbonyl (C=S) groups is 1. The molecule has 3 N–H and O–H groups in total. The fourth-order valence-corrected chi connectivity index (χ4v) is 4.24. The Morgan fingerprint density at radius 1 is 1.25 bits per heavy atom. The van der Waals surface area contributed by atoms with Gasteiger partial charge in [0, 0.05) is 11.8 Å². The van der Waals surface area contributed by atoms with Crippen LogP contribution < -0.4 is 10.5 Å². The molecule has 0 atom stereocenters. The second-order valence-electron chi connectivity index (χ2n) is 4.44. The lowest BCUT2D eigenvalue weighted by atomic mass is 10.1. The molecule has 0 aromatic heterocycles. The highest BCUT2D eigenvalue weighted by molar-refractivity contribution is 7.95. The Labute approximate surface area is 124 Å². The first kappa shape index (κ1) is 16.9. The van der Waals surface area contributed by atoms with E-state index in [1.165, 1.54) is 6.07 Å². The van der Waals surface area contributed by atoms with Gasteiger partial charge in [-0.25, -0.2) is 16.8 Å². The van der Waals surface area contributed by atoms with Gasteiger partial charge in [-0.2, -0.15) is 0 Å². The molecule has 0 unspecified atom stereocenters. The molecule has 1 rings (SSSR count). The van der Waals surface area contributed by atoms with Gasteiger partial charge in [0.15, 0.2) is 0 Å². The molecular weight excluding hydrogens is 320 g/mol. The van der Waals surface area contributed by atoms with Crippen molar-refractivity contribution in [2.24, 2.45) is 5.73 Å². The molecule has 0 radical (unpaired) electrons. The van der Waals surface area contributed by atoms with E-state index >= 15 is 0 Å². The number of sulfone groups is 1. The van der Waals surface area contributed by atoms with Gasteiger partial charge in [-0.3, -0.25) is 4.72 Å². The molecule has 20 heavy (non-hydrogen) atoms. The minimum Gasteiger partial charge on any atom is -0.389 e. The third kappa shape index (κ3) is 5.43. The highest BCUT2D eigenvalue weighted by atomic mass is 32.2. The van der Waals surface area contributed by atoms with Crippen molar-refractivity contribution in [2.75, 3.05) is 22.5 Å². The number of aryl methyl sites for hydroxylation is 1. The Morgan fingerprint density at radius 3 is 2.35 bits per heavy atom. The maximum Gasteiger partial charge on any atom is 0.233 e. The van der Waals surface area contributed by atoms with Crippen LogP contribution in [0.3, 0.4) is 0 Å². The van der Waals surface area contributed by atoms with E-state index in [1.807, 2.05) is 0 Å². The molecule has 0 fully saturated rings. The number of rotatable bonds is 6. The van der Waals surface area contributed by atoms with E-state index in [9.17, 15) is 16.8 Å². The lowest BCUT2D eigenvalue weighted by Crippen LogP contribution is -2.23. The molecule has 1 aromatic rings. The summed E-state index contributed by atoms with van der Waals surface area (Å²) in [7, 11) is -7.09. The number of sulfonamides is 1. The highest BCUT2D eigenvalue weighted by Crippen LogP contribution is 2.18. The number of hydrogen-bond donors (Lipinski definition) is 2. The first-order chi connectivity index (χ1) is 9.00. The molecule has 0 heterocycles. The summed E-state index contributed by atoms with van der Waals surface area (Å²) in [6.07, 6.45) is 0.987. The van der Waals surface area contributed by atoms with Crippen molar-refractivity contribution in [3.8, 4) is 0 Å². The molecular formula is C11H16N2O4S3. The van der Waals surface area contributed by atoms with E-state index in [0.29, 0.717) is 16.8 Å². The third-order valence-electron chi connectivity index (χ3n) is 2.51. The lowest BCUT2D eigenvalue weighted by Gasteiger charge is -2.11. The SMILES string of the molecule is Cc1ccc(C(N)=S)cc1NS(=O)(=O)CCS(C)(=O)=O. The van der Waals surface area contributed by atoms with Gasteiger partial charge < -0.3 is 5.73 Å². The second kappa shape index (κ2) is 6.06. The first-order valence-corrected chi connectivity index (χ1v) is 9.71. The van der Waals surface area contributed by atoms with Crippen LogP contribution in [0.2, 0.25) is 0 Å². The van der Waals surface area contributed by atoms with Crippen molar-refractivity contribution >= 4 is 42.8 Å². The van der Waals surface area contributed by atoms with E-state index in [-0.39, 0.29) is 4.99 Å². The molecule has 0 saturated carbocycles. The normalized spacial score (nSPS) is 12.1. The van der Waals surface area contributed by atoms with Gasteiger partial charge in [-0.1, -0.05) is 24.4 Å². The summed E-state index contributed by atoms with van der Waals surface area (Å²) in [5.74, 6) is -0.932. The van der Waals surface area contributed by atoms with E-state index in [1.54, 1.807) is 19.1 Å². The van der Waals surface area contributed by atoms with Crippen LogP contribution >= 0.6 is 12.2 Å². The quantitative estimate of drug-likeness (QED) is 0.729. The Kier molecular flexibility index (Phi) is 5.11. The zero-order valence-corrected chi connectivity index (χ0v) is 13.5. The fraction of sp³-hybridized carbons (Fsp3) is 0.364. The smallest absolute Gasteiger partial charge is 0.233 e. The van der Waals surface area contributed by atoms with Crippen LogP contribution in [-0.2, 0) is 19.9 Å². The number of anilines is 1. The molecule has 112 valence electrons. The van der Waals surface area contributed by atoms with Gasteiger partial charge in [-0.05, 0) is 18.6 Å². The molecule has 0 aliphatic heterocycles. The molecule has 0 amide bonds. The summed E-state index contributed by atoms with van der Waals surface area (Å²) in [4.78, 5) is 0.154. The van der Waals surface area contributed by atoms with Gasteiger partial charge in [0.05, 0.1) is 17.2 Å². The average molecular weight is 336 g/mol. The van der Waals surface area contributed by atoms with Crippen LogP contribution in [0.15, 0.2) is 18.2 Å². The minimum atomic E-state index is -3.75. The zero-order chi connectivity index (χ0) is 15.6. The topological polar surface area (TPSA) is 106 Å². The van der Waals surface area contributed by atoms with Gasteiger partial charge in [0.1, 0.15) is 14.8 Å². The van der Waals surface area contributed by atoms with Crippen molar-refractivity contribution in [3.63, 3.8) is 0 Å². The number of benzene rings is 1. The van der Waals surface area contributed by atoms with Crippen molar-refractivity contribution in [1.82, 2.24) is 0 Å². The van der Waals surface area contributed by atoms with Crippen LogP contribution in [0.25, 0.3) is 0 Å². The summed E-state index contributed by atoms with van der Waals surface area (Å²) in [6.45, 7) is 1.72. The number of nitrogens with two attached hydrogens (primary N) is 1. The van der Waals surface area contributed by atoms with Crippen molar-refractivity contribution in [1.29, 1.82) is 0 Å². The largest absolute Gasteiger partial charge is 0.389 e. The average Bonchev–Trinajstić information content (AvgIpc) is 2.28. The second-order valence-corrected chi connectivity index (χ2v) is 8.99. The van der Waals surface area contributed by atoms with Gasteiger partial charge >= 0.3 is 0 Å². The van der Waals surface area contributed by atoms with Crippen LogP contribution in [0.4, 0.5) is 5.69 Å². The van der Waals surface area contributed by atoms with E-state index in [4.69, 9.17) is 18.0 Å². The lowest BCUT2D eigenvalue weighted by molar-refractivity contribution is 0.593. The number of hydrogen-bond acceptors (Lipinski definition) is 5. The predicted octanol–water partition coefficient (Wildman–Crippen LogP) is 0.416. The first-order valence-electron chi connectivity index (χ1n) is 5.59. The Bertz CT molecular complexity index is 724. The maximum absolute atomic E-state index is 11.8. The van der Waals surface area contributed by atoms with E-state index < -0.39 is 31.4 Å². The van der Waals surface area contributed by atoms with Gasteiger partial charge in [0.2, 0.25) is 10.0 Å². The van der Waals surface area contributed by atoms with Crippen molar-refractivity contribution < 1.29 is 16.8 Å². The molecule has 9 heteroatoms. The molecule has 0 aliphatic carbocycles. The maximum atomic E-state index is 11.8. The Morgan fingerprint density at radius 2 is 1.85 bits per heavy atom. The van der Waals surface area contributed by atoms with Crippen molar-refractivity contribution in [2.45, 2.75) is 6.92 Å². The van der Waals surface area contributed by atoms with E-state index in [0.717, 1.165) is 6.26 Å². The summed E-state index contributed by atoms with van der Waals surface area (Å²) in [5, 5.41) is 0. The van der Waals surface area contributed by atoms with Gasteiger partial charge in [-0.15, -0.1) is 0 Å². The third-order valence-corrected chi connectivity index (χ3v) is 5.22. The zero-order valence-electron chi connectivity index (χ0n) is 11.1. The molecule has 6 nitrogen and oxygen atoms in total. The standard InChI is InChI=1S/C11H16N2O4S3/c1-8-3-4-9(11(12)18)7-10(8)13-20(16,17)6-5-19(2,14)15/h3-4,7,13H,5-6H2,1-2H3,(H2,12,18). The van der Waals surface area contributed by atoms with Crippen LogP contribution in [0, 0.1) is 6.92 Å². The van der Waals surface area contributed by atoms with Crippen LogP contribution in [-0.4, -0.2) is 39.6 Å². The molecule has 0 aliphatic rings. The van der Waals surface area contributed by atoms with Crippen molar-refractivity contribution in [3.05, 3.63) is 29.3 Å². The molecule has 1 aromatic carbocycles. The summed E-state index contributed by atoms with van der Waals surface area (Å²) < 4.78 is 48.1. The highest BCUT2D eigenvalue weighted by Gasteiger charge is 2.16.